The quantitative estimate of drug-likeness (QED) is 0.804. The Morgan fingerprint density at radius 3 is 2.23 bits per heavy atom. The van der Waals surface area contributed by atoms with E-state index in [1.807, 2.05) is 20.8 Å². The number of benzene rings is 1. The second-order valence-corrected chi connectivity index (χ2v) is 9.54. The van der Waals surface area contributed by atoms with E-state index in [-0.39, 0.29) is 6.61 Å². The Bertz CT molecular complexity index is 765. The molecule has 0 aliphatic rings. The average Bonchev–Trinajstić information content (AvgIpc) is 2.61. The molecule has 0 saturated carbocycles. The first-order valence-electron chi connectivity index (χ1n) is 8.19. The molecule has 1 unspecified atom stereocenters. The summed E-state index contributed by atoms with van der Waals surface area (Å²) in [5.74, 6) is -1.92. The molecule has 4 nitrogen and oxygen atoms in total. The van der Waals surface area contributed by atoms with Crippen LogP contribution in [0, 0.1) is 11.6 Å². The first kappa shape index (κ1) is 20.8. The van der Waals surface area contributed by atoms with Gasteiger partial charge in [-0.05, 0) is 57.0 Å². The van der Waals surface area contributed by atoms with Gasteiger partial charge in [-0.2, -0.15) is 0 Å². The van der Waals surface area contributed by atoms with Crippen LogP contribution >= 0.6 is 0 Å². The summed E-state index contributed by atoms with van der Waals surface area (Å²) in [5, 5.41) is 9.23. The molecule has 1 aromatic heterocycles. The third-order valence-electron chi connectivity index (χ3n) is 4.39. The normalized spacial score (nSPS) is 15.8. The minimum Gasteiger partial charge on any atom is -0.597 e. The van der Waals surface area contributed by atoms with Crippen LogP contribution in [0.2, 0.25) is 0 Å². The van der Waals surface area contributed by atoms with Gasteiger partial charge in [-0.15, -0.1) is 4.31 Å². The van der Waals surface area contributed by atoms with Crippen LogP contribution in [-0.2, 0) is 23.5 Å². The lowest BCUT2D eigenvalue weighted by Gasteiger charge is -2.41. The number of pyridine rings is 1. The number of aromatic nitrogens is 1. The van der Waals surface area contributed by atoms with Crippen molar-refractivity contribution in [3.05, 3.63) is 65.0 Å². The molecular formula is C19H24F2N2O2S. The Kier molecular flexibility index (Phi) is 6.07. The fraction of sp³-hybridized carbons (Fsp3) is 0.421. The Balaban J connectivity index is 2.64. The summed E-state index contributed by atoms with van der Waals surface area (Å²) in [6.45, 7) is 7.14. The number of aliphatic hydroxyl groups is 1. The topological polar surface area (TPSA) is 59.4 Å². The van der Waals surface area contributed by atoms with Gasteiger partial charge in [-0.25, -0.2) is 8.78 Å². The number of aliphatic hydroxyl groups excluding tert-OH is 1. The van der Waals surface area contributed by atoms with E-state index in [1.165, 1.54) is 12.3 Å². The van der Waals surface area contributed by atoms with Crippen molar-refractivity contribution < 1.29 is 18.4 Å². The number of halogens is 2. The van der Waals surface area contributed by atoms with Crippen LogP contribution in [0.25, 0.3) is 0 Å². The van der Waals surface area contributed by atoms with Crippen molar-refractivity contribution >= 4 is 11.4 Å². The summed E-state index contributed by atoms with van der Waals surface area (Å²) in [6, 6.07) is 7.03. The second kappa shape index (κ2) is 7.60. The van der Waals surface area contributed by atoms with E-state index in [1.54, 1.807) is 30.4 Å². The molecule has 2 atom stereocenters. The Morgan fingerprint density at radius 1 is 1.12 bits per heavy atom. The third-order valence-corrected chi connectivity index (χ3v) is 6.30. The maximum atomic E-state index is 13.9. The van der Waals surface area contributed by atoms with Crippen molar-refractivity contribution in [2.75, 3.05) is 7.05 Å². The molecule has 1 aromatic carbocycles. The van der Waals surface area contributed by atoms with Crippen LogP contribution in [0.5, 0.6) is 0 Å². The molecule has 0 radical (unpaired) electrons. The number of nitrogens with zero attached hydrogens (tertiary/aromatic N) is 2. The molecule has 1 heterocycles. The smallest absolute Gasteiger partial charge is 0.159 e. The molecule has 0 aliphatic carbocycles. The van der Waals surface area contributed by atoms with Gasteiger partial charge in [-0.3, -0.25) is 4.98 Å². The van der Waals surface area contributed by atoms with Crippen LogP contribution in [0.3, 0.4) is 0 Å². The SMILES string of the molecule is CN([S+]([O-])C(C)(C)C)[C@@](C)(c1ccc(F)c(F)c1)c1ccc(CO)cn1. The zero-order chi connectivity index (χ0) is 19.7. The van der Waals surface area contributed by atoms with Gasteiger partial charge in [0.2, 0.25) is 0 Å². The highest BCUT2D eigenvalue weighted by Gasteiger charge is 2.45. The number of rotatable bonds is 5. The minimum absolute atomic E-state index is 0.154. The van der Waals surface area contributed by atoms with Gasteiger partial charge >= 0.3 is 0 Å². The highest BCUT2D eigenvalue weighted by molar-refractivity contribution is 7.90. The van der Waals surface area contributed by atoms with Gasteiger partial charge in [0.1, 0.15) is 10.3 Å². The van der Waals surface area contributed by atoms with E-state index < -0.39 is 33.3 Å². The molecule has 0 amide bonds. The Hall–Kier alpha value is -1.54. The average molecular weight is 382 g/mol. The van der Waals surface area contributed by atoms with E-state index in [0.29, 0.717) is 16.8 Å². The van der Waals surface area contributed by atoms with Crippen LogP contribution in [0.1, 0.15) is 44.5 Å². The number of hydrogen-bond donors (Lipinski definition) is 1. The zero-order valence-corrected chi connectivity index (χ0v) is 16.4. The van der Waals surface area contributed by atoms with Crippen LogP contribution in [0.15, 0.2) is 36.5 Å². The van der Waals surface area contributed by atoms with Gasteiger partial charge in [-0.1, -0.05) is 12.1 Å². The largest absolute Gasteiger partial charge is 0.597 e. The lowest BCUT2D eigenvalue weighted by molar-refractivity contribution is 0.275. The zero-order valence-electron chi connectivity index (χ0n) is 15.6. The van der Waals surface area contributed by atoms with Crippen LogP contribution in [0.4, 0.5) is 8.78 Å². The fourth-order valence-corrected chi connectivity index (χ4v) is 4.02. The minimum atomic E-state index is -1.44. The lowest BCUT2D eigenvalue weighted by atomic mass is 9.88. The van der Waals surface area contributed by atoms with Crippen LogP contribution in [-0.4, -0.2) is 30.7 Å². The maximum absolute atomic E-state index is 13.9. The molecule has 0 saturated heterocycles. The Morgan fingerprint density at radius 2 is 1.77 bits per heavy atom. The van der Waals surface area contributed by atoms with Crippen molar-refractivity contribution in [3.8, 4) is 0 Å². The van der Waals surface area contributed by atoms with E-state index in [0.717, 1.165) is 12.1 Å². The van der Waals surface area contributed by atoms with Crippen molar-refractivity contribution in [1.82, 2.24) is 9.29 Å². The van der Waals surface area contributed by atoms with Gasteiger partial charge < -0.3 is 9.66 Å². The van der Waals surface area contributed by atoms with Gasteiger partial charge in [0.15, 0.2) is 11.6 Å². The summed E-state index contributed by atoms with van der Waals surface area (Å²) in [6.07, 6.45) is 1.52. The maximum Gasteiger partial charge on any atom is 0.159 e. The molecular weight excluding hydrogens is 358 g/mol. The summed E-state index contributed by atoms with van der Waals surface area (Å²) in [4.78, 5) is 4.38. The van der Waals surface area contributed by atoms with E-state index >= 15 is 0 Å². The van der Waals surface area contributed by atoms with E-state index in [2.05, 4.69) is 4.98 Å². The highest BCUT2D eigenvalue weighted by atomic mass is 32.2. The first-order chi connectivity index (χ1) is 12.0. The monoisotopic (exact) mass is 382 g/mol. The fourth-order valence-electron chi connectivity index (χ4n) is 2.67. The molecule has 0 aliphatic heterocycles. The molecule has 142 valence electrons. The van der Waals surface area contributed by atoms with Crippen molar-refractivity contribution in [2.24, 2.45) is 0 Å². The highest BCUT2D eigenvalue weighted by Crippen LogP contribution is 2.38. The number of hydrogen-bond acceptors (Lipinski definition) is 4. The predicted molar refractivity (Wildman–Crippen MR) is 98.6 cm³/mol. The summed E-state index contributed by atoms with van der Waals surface area (Å²) < 4.78 is 41.5. The molecule has 7 heteroatoms. The summed E-state index contributed by atoms with van der Waals surface area (Å²) in [7, 11) is 1.67. The second-order valence-electron chi connectivity index (χ2n) is 7.27. The Labute approximate surface area is 156 Å². The van der Waals surface area contributed by atoms with Gasteiger partial charge in [0, 0.05) is 24.6 Å². The van der Waals surface area contributed by atoms with Gasteiger partial charge in [0.05, 0.1) is 12.3 Å². The molecule has 26 heavy (non-hydrogen) atoms. The lowest BCUT2D eigenvalue weighted by Crippen LogP contribution is -2.51. The molecule has 0 spiro atoms. The molecule has 2 aromatic rings. The van der Waals surface area contributed by atoms with E-state index in [9.17, 15) is 18.4 Å². The van der Waals surface area contributed by atoms with Gasteiger partial charge in [0.25, 0.3) is 0 Å². The third kappa shape index (κ3) is 3.91. The first-order valence-corrected chi connectivity index (χ1v) is 9.30. The standard InChI is InChI=1S/C19H24F2N2O2S/c1-18(2,3)26(25)23(5)19(4,14-7-8-15(20)16(21)10-14)17-9-6-13(12-24)11-22-17/h6-11,24H,12H2,1-5H3/t19-,26?/m0/s1. The van der Waals surface area contributed by atoms with Crippen molar-refractivity contribution in [1.29, 1.82) is 0 Å². The van der Waals surface area contributed by atoms with Crippen molar-refractivity contribution in [3.63, 3.8) is 0 Å². The molecule has 2 rings (SSSR count). The molecule has 1 N–H and O–H groups in total. The van der Waals surface area contributed by atoms with E-state index in [4.69, 9.17) is 0 Å². The summed E-state index contributed by atoms with van der Waals surface area (Å²) >= 11 is -1.44. The summed E-state index contributed by atoms with van der Waals surface area (Å²) in [5.41, 5.74) is 0.503. The molecule has 0 fully saturated rings. The predicted octanol–water partition coefficient (Wildman–Crippen LogP) is 3.51. The molecule has 0 bridgehead atoms. The van der Waals surface area contributed by atoms with Crippen molar-refractivity contribution in [2.45, 2.75) is 44.6 Å². The van der Waals surface area contributed by atoms with Crippen LogP contribution < -0.4 is 0 Å².